The molecule has 14 heavy (non-hydrogen) atoms. The third-order valence-electron chi connectivity index (χ3n) is 2.26. The zero-order chi connectivity index (χ0) is 10.4. The molecule has 0 fully saturated rings. The number of hydrogen-bond acceptors (Lipinski definition) is 2. The minimum atomic E-state index is 0.690. The molecular weight excluding hydrogens is 198 g/mol. The number of halogens is 1. The van der Waals surface area contributed by atoms with Crippen LogP contribution >= 0.6 is 11.6 Å². The van der Waals surface area contributed by atoms with Crippen molar-refractivity contribution >= 4 is 11.6 Å². The molecule has 4 heteroatoms. The van der Waals surface area contributed by atoms with Crippen LogP contribution in [-0.2, 0) is 13.1 Å². The minimum Gasteiger partial charge on any atom is -0.298 e. The van der Waals surface area contributed by atoms with Crippen molar-refractivity contribution in [1.29, 1.82) is 0 Å². The number of aryl methyl sites for hydroxylation is 1. The third kappa shape index (κ3) is 3.31. The van der Waals surface area contributed by atoms with Crippen LogP contribution in [0.4, 0.5) is 0 Å². The molecule has 1 heterocycles. The predicted molar refractivity (Wildman–Crippen MR) is 59.6 cm³/mol. The Balaban J connectivity index is 2.48. The zero-order valence-electron chi connectivity index (χ0n) is 8.91. The lowest BCUT2D eigenvalue weighted by Gasteiger charge is -2.17. The smallest absolute Gasteiger partial charge is 0.0534 e. The lowest BCUT2D eigenvalue weighted by Crippen LogP contribution is -2.24. The van der Waals surface area contributed by atoms with Crippen molar-refractivity contribution in [2.45, 2.75) is 26.9 Å². The van der Waals surface area contributed by atoms with Gasteiger partial charge in [0.05, 0.1) is 6.20 Å². The number of alkyl halides is 1. The van der Waals surface area contributed by atoms with Gasteiger partial charge in [-0.25, -0.2) is 0 Å². The van der Waals surface area contributed by atoms with Gasteiger partial charge < -0.3 is 0 Å². The second-order valence-corrected chi connectivity index (χ2v) is 3.64. The summed E-state index contributed by atoms with van der Waals surface area (Å²) in [5.41, 5.74) is 1.26. The summed E-state index contributed by atoms with van der Waals surface area (Å²) < 4.78 is 1.95. The van der Waals surface area contributed by atoms with Gasteiger partial charge in [0.25, 0.3) is 0 Å². The molecule has 0 saturated heterocycles. The highest BCUT2D eigenvalue weighted by molar-refractivity contribution is 6.18. The zero-order valence-corrected chi connectivity index (χ0v) is 9.67. The number of aromatic nitrogens is 2. The Kier molecular flexibility index (Phi) is 4.98. The van der Waals surface area contributed by atoms with E-state index in [0.717, 1.165) is 26.2 Å². The molecule has 1 rings (SSSR count). The van der Waals surface area contributed by atoms with Gasteiger partial charge in [-0.2, -0.15) is 5.10 Å². The van der Waals surface area contributed by atoms with Crippen LogP contribution in [0.3, 0.4) is 0 Å². The SMILES string of the molecule is CCN(CCCl)Cc1cnn(CC)c1. The molecular formula is C10H18ClN3. The van der Waals surface area contributed by atoms with E-state index >= 15 is 0 Å². The summed E-state index contributed by atoms with van der Waals surface area (Å²) in [5.74, 6) is 0.690. The van der Waals surface area contributed by atoms with E-state index in [-0.39, 0.29) is 0 Å². The lowest BCUT2D eigenvalue weighted by atomic mass is 10.3. The van der Waals surface area contributed by atoms with E-state index in [4.69, 9.17) is 11.6 Å². The standard InChI is InChI=1S/C10H18ClN3/c1-3-13(6-5-11)8-10-7-12-14(4-2)9-10/h7,9H,3-6,8H2,1-2H3. The molecule has 0 atom stereocenters. The highest BCUT2D eigenvalue weighted by Crippen LogP contribution is 2.03. The number of rotatable bonds is 6. The van der Waals surface area contributed by atoms with Crippen LogP contribution in [0.5, 0.6) is 0 Å². The summed E-state index contributed by atoms with van der Waals surface area (Å²) >= 11 is 5.71. The summed E-state index contributed by atoms with van der Waals surface area (Å²) in [6.45, 7) is 8.09. The van der Waals surface area contributed by atoms with Gasteiger partial charge in [-0.15, -0.1) is 11.6 Å². The maximum atomic E-state index is 5.71. The Hall–Kier alpha value is -0.540. The minimum absolute atomic E-state index is 0.690. The molecule has 0 aromatic carbocycles. The van der Waals surface area contributed by atoms with Crippen LogP contribution in [0, 0.1) is 0 Å². The van der Waals surface area contributed by atoms with Crippen LogP contribution < -0.4 is 0 Å². The first kappa shape index (κ1) is 11.5. The molecule has 0 radical (unpaired) electrons. The summed E-state index contributed by atoms with van der Waals surface area (Å²) in [6.07, 6.45) is 4.03. The fraction of sp³-hybridized carbons (Fsp3) is 0.700. The van der Waals surface area contributed by atoms with Gasteiger partial charge in [0, 0.05) is 37.3 Å². The molecule has 0 amide bonds. The normalized spacial score (nSPS) is 11.1. The Morgan fingerprint density at radius 2 is 2.29 bits per heavy atom. The summed E-state index contributed by atoms with van der Waals surface area (Å²) in [5, 5.41) is 4.24. The number of hydrogen-bond donors (Lipinski definition) is 0. The van der Waals surface area contributed by atoms with Gasteiger partial charge in [0.2, 0.25) is 0 Å². The molecule has 1 aromatic heterocycles. The highest BCUT2D eigenvalue weighted by Gasteiger charge is 2.04. The Bertz CT molecular complexity index is 260. The van der Waals surface area contributed by atoms with E-state index in [1.165, 1.54) is 5.56 Å². The third-order valence-corrected chi connectivity index (χ3v) is 2.43. The first-order chi connectivity index (χ1) is 6.80. The van der Waals surface area contributed by atoms with Gasteiger partial charge in [0.1, 0.15) is 0 Å². The molecule has 0 saturated carbocycles. The topological polar surface area (TPSA) is 21.1 Å². The molecule has 1 aromatic rings. The molecule has 0 aliphatic heterocycles. The summed E-state index contributed by atoms with van der Waals surface area (Å²) in [7, 11) is 0. The van der Waals surface area contributed by atoms with Crippen molar-refractivity contribution in [2.24, 2.45) is 0 Å². The number of nitrogens with zero attached hydrogens (tertiary/aromatic N) is 3. The van der Waals surface area contributed by atoms with Gasteiger partial charge in [-0.05, 0) is 13.5 Å². The van der Waals surface area contributed by atoms with Crippen molar-refractivity contribution in [3.63, 3.8) is 0 Å². The first-order valence-electron chi connectivity index (χ1n) is 5.09. The Morgan fingerprint density at radius 1 is 1.50 bits per heavy atom. The van der Waals surface area contributed by atoms with E-state index in [1.54, 1.807) is 0 Å². The van der Waals surface area contributed by atoms with E-state index < -0.39 is 0 Å². The lowest BCUT2D eigenvalue weighted by molar-refractivity contribution is 0.297. The van der Waals surface area contributed by atoms with Crippen LogP contribution in [0.1, 0.15) is 19.4 Å². The molecule has 0 unspecified atom stereocenters. The van der Waals surface area contributed by atoms with Gasteiger partial charge >= 0.3 is 0 Å². The van der Waals surface area contributed by atoms with E-state index in [9.17, 15) is 0 Å². The fourth-order valence-electron chi connectivity index (χ4n) is 1.39. The first-order valence-corrected chi connectivity index (χ1v) is 5.63. The van der Waals surface area contributed by atoms with Gasteiger partial charge in [-0.3, -0.25) is 9.58 Å². The quantitative estimate of drug-likeness (QED) is 0.677. The maximum Gasteiger partial charge on any atom is 0.0534 e. The largest absolute Gasteiger partial charge is 0.298 e. The summed E-state index contributed by atoms with van der Waals surface area (Å²) in [6, 6.07) is 0. The van der Waals surface area contributed by atoms with Crippen LogP contribution in [0.25, 0.3) is 0 Å². The van der Waals surface area contributed by atoms with Crippen LogP contribution in [0.15, 0.2) is 12.4 Å². The predicted octanol–water partition coefficient (Wildman–Crippen LogP) is 1.96. The van der Waals surface area contributed by atoms with E-state index in [0.29, 0.717) is 5.88 Å². The molecule has 0 aliphatic carbocycles. The Morgan fingerprint density at radius 3 is 2.79 bits per heavy atom. The molecule has 0 N–H and O–H groups in total. The second-order valence-electron chi connectivity index (χ2n) is 3.26. The molecule has 0 bridgehead atoms. The Labute approximate surface area is 90.7 Å². The average Bonchev–Trinajstić information content (AvgIpc) is 2.65. The highest BCUT2D eigenvalue weighted by atomic mass is 35.5. The monoisotopic (exact) mass is 215 g/mol. The summed E-state index contributed by atoms with van der Waals surface area (Å²) in [4.78, 5) is 2.31. The van der Waals surface area contributed by atoms with Crippen molar-refractivity contribution in [3.8, 4) is 0 Å². The van der Waals surface area contributed by atoms with Gasteiger partial charge in [-0.1, -0.05) is 6.92 Å². The van der Waals surface area contributed by atoms with Gasteiger partial charge in [0.15, 0.2) is 0 Å². The molecule has 80 valence electrons. The van der Waals surface area contributed by atoms with Crippen LogP contribution in [-0.4, -0.2) is 33.6 Å². The van der Waals surface area contributed by atoms with Crippen molar-refractivity contribution in [1.82, 2.24) is 14.7 Å². The van der Waals surface area contributed by atoms with Crippen molar-refractivity contribution in [3.05, 3.63) is 18.0 Å². The molecule has 0 aliphatic rings. The van der Waals surface area contributed by atoms with Crippen molar-refractivity contribution < 1.29 is 0 Å². The van der Waals surface area contributed by atoms with E-state index in [1.807, 2.05) is 10.9 Å². The average molecular weight is 216 g/mol. The molecule has 0 spiro atoms. The van der Waals surface area contributed by atoms with Crippen LogP contribution in [0.2, 0.25) is 0 Å². The van der Waals surface area contributed by atoms with E-state index in [2.05, 4.69) is 30.0 Å². The maximum absolute atomic E-state index is 5.71. The fourth-order valence-corrected chi connectivity index (χ4v) is 1.63. The molecule has 3 nitrogen and oxygen atoms in total. The van der Waals surface area contributed by atoms with Crippen molar-refractivity contribution in [2.75, 3.05) is 19.0 Å². The second kappa shape index (κ2) is 6.04.